The van der Waals surface area contributed by atoms with Crippen molar-refractivity contribution in [1.29, 1.82) is 0 Å². The highest BCUT2D eigenvalue weighted by Gasteiger charge is 2.51. The Labute approximate surface area is 150 Å². The van der Waals surface area contributed by atoms with Crippen LogP contribution in [0.15, 0.2) is 43.0 Å². The van der Waals surface area contributed by atoms with E-state index in [-0.39, 0.29) is 23.3 Å². The lowest BCUT2D eigenvalue weighted by Gasteiger charge is -2.21. The molecule has 0 bridgehead atoms. The van der Waals surface area contributed by atoms with Gasteiger partial charge in [0, 0.05) is 31.9 Å². The lowest BCUT2D eigenvalue weighted by atomic mass is 10.1. The number of para-hydroxylation sites is 1. The first-order valence-corrected chi connectivity index (χ1v) is 8.77. The maximum atomic E-state index is 12.7. The molecule has 130 valence electrons. The van der Waals surface area contributed by atoms with Gasteiger partial charge < -0.3 is 14.8 Å². The van der Waals surface area contributed by atoms with Gasteiger partial charge in [0.15, 0.2) is 0 Å². The van der Waals surface area contributed by atoms with Gasteiger partial charge in [-0.1, -0.05) is 23.7 Å². The van der Waals surface area contributed by atoms with E-state index in [1.807, 2.05) is 29.0 Å². The van der Waals surface area contributed by atoms with Crippen molar-refractivity contribution in [2.24, 2.45) is 5.41 Å². The van der Waals surface area contributed by atoms with Gasteiger partial charge in [0.05, 0.1) is 28.5 Å². The van der Waals surface area contributed by atoms with Gasteiger partial charge in [-0.2, -0.15) is 0 Å². The molecule has 1 saturated heterocycles. The lowest BCUT2D eigenvalue weighted by molar-refractivity contribution is -0.127. The van der Waals surface area contributed by atoms with Crippen molar-refractivity contribution in [3.05, 3.63) is 48.0 Å². The Balaban J connectivity index is 1.41. The van der Waals surface area contributed by atoms with Crippen molar-refractivity contribution in [2.75, 3.05) is 11.4 Å². The molecule has 2 aromatic rings. The van der Waals surface area contributed by atoms with Crippen molar-refractivity contribution in [2.45, 2.75) is 31.8 Å². The summed E-state index contributed by atoms with van der Waals surface area (Å²) in [6.45, 7) is 1.09. The predicted octanol–water partition coefficient (Wildman–Crippen LogP) is 2.24. The number of halogens is 1. The van der Waals surface area contributed by atoms with Gasteiger partial charge in [-0.3, -0.25) is 9.59 Å². The molecule has 1 aromatic heterocycles. The SMILES string of the molecule is O=C1C[C@H](NC(=O)C2(Cn3ccnc3)CC2)CN1c1ccccc1Cl. The zero-order valence-corrected chi connectivity index (χ0v) is 14.4. The van der Waals surface area contributed by atoms with Crippen molar-refractivity contribution < 1.29 is 9.59 Å². The third kappa shape index (κ3) is 3.14. The second kappa shape index (κ2) is 6.19. The fourth-order valence-corrected chi connectivity index (χ4v) is 3.62. The van der Waals surface area contributed by atoms with Crippen LogP contribution in [0.3, 0.4) is 0 Å². The highest BCUT2D eigenvalue weighted by atomic mass is 35.5. The van der Waals surface area contributed by atoms with Gasteiger partial charge in [-0.05, 0) is 25.0 Å². The first kappa shape index (κ1) is 16.1. The number of aromatic nitrogens is 2. The van der Waals surface area contributed by atoms with Crippen LogP contribution in [0, 0.1) is 5.41 Å². The summed E-state index contributed by atoms with van der Waals surface area (Å²) in [5.41, 5.74) is 0.340. The third-order valence-corrected chi connectivity index (χ3v) is 5.30. The summed E-state index contributed by atoms with van der Waals surface area (Å²) in [6.07, 6.45) is 7.35. The minimum absolute atomic E-state index is 0.0159. The van der Waals surface area contributed by atoms with Gasteiger partial charge in [-0.25, -0.2) is 4.98 Å². The van der Waals surface area contributed by atoms with Gasteiger partial charge in [-0.15, -0.1) is 0 Å². The monoisotopic (exact) mass is 358 g/mol. The highest BCUT2D eigenvalue weighted by Crippen LogP contribution is 2.47. The molecule has 2 aliphatic rings. The average Bonchev–Trinajstić information content (AvgIpc) is 3.02. The lowest BCUT2D eigenvalue weighted by Crippen LogP contribution is -2.42. The van der Waals surface area contributed by atoms with Gasteiger partial charge in [0.1, 0.15) is 0 Å². The van der Waals surface area contributed by atoms with Crippen LogP contribution in [0.5, 0.6) is 0 Å². The van der Waals surface area contributed by atoms with E-state index in [2.05, 4.69) is 10.3 Å². The number of rotatable bonds is 5. The Morgan fingerprint density at radius 3 is 2.84 bits per heavy atom. The number of hydrogen-bond acceptors (Lipinski definition) is 3. The molecular weight excluding hydrogens is 340 g/mol. The van der Waals surface area contributed by atoms with E-state index in [9.17, 15) is 9.59 Å². The summed E-state index contributed by atoms with van der Waals surface area (Å²) in [4.78, 5) is 30.8. The number of imidazole rings is 1. The van der Waals surface area contributed by atoms with Crippen LogP contribution < -0.4 is 10.2 Å². The quantitative estimate of drug-likeness (QED) is 0.891. The number of nitrogens with zero attached hydrogens (tertiary/aromatic N) is 3. The summed E-state index contributed by atoms with van der Waals surface area (Å²) in [5.74, 6) is 0.0119. The van der Waals surface area contributed by atoms with Crippen molar-refractivity contribution in [3.8, 4) is 0 Å². The topological polar surface area (TPSA) is 67.2 Å². The first-order chi connectivity index (χ1) is 12.1. The summed E-state index contributed by atoms with van der Waals surface area (Å²) < 4.78 is 1.93. The highest BCUT2D eigenvalue weighted by molar-refractivity contribution is 6.33. The molecule has 1 saturated carbocycles. The molecule has 0 unspecified atom stereocenters. The maximum absolute atomic E-state index is 12.7. The Kier molecular flexibility index (Phi) is 4.00. The van der Waals surface area contributed by atoms with E-state index in [0.29, 0.717) is 30.2 Å². The Morgan fingerprint density at radius 2 is 2.16 bits per heavy atom. The molecule has 1 N–H and O–H groups in total. The molecule has 1 aliphatic heterocycles. The number of anilines is 1. The second-order valence-corrected chi connectivity index (χ2v) is 7.25. The summed E-state index contributed by atoms with van der Waals surface area (Å²) in [6, 6.07) is 7.09. The minimum Gasteiger partial charge on any atom is -0.351 e. The number of carbonyl (C=O) groups excluding carboxylic acids is 2. The Bertz CT molecular complexity index is 801. The van der Waals surface area contributed by atoms with Crippen LogP contribution >= 0.6 is 11.6 Å². The largest absolute Gasteiger partial charge is 0.351 e. The number of amides is 2. The molecule has 2 heterocycles. The molecule has 0 spiro atoms. The summed E-state index contributed by atoms with van der Waals surface area (Å²) in [7, 11) is 0. The molecule has 7 heteroatoms. The molecule has 6 nitrogen and oxygen atoms in total. The fraction of sp³-hybridized carbons (Fsp3) is 0.389. The van der Waals surface area contributed by atoms with Crippen LogP contribution in [-0.4, -0.2) is 34.0 Å². The first-order valence-electron chi connectivity index (χ1n) is 8.39. The molecule has 1 aromatic carbocycles. The van der Waals surface area contributed by atoms with Crippen molar-refractivity contribution in [3.63, 3.8) is 0 Å². The van der Waals surface area contributed by atoms with Crippen LogP contribution in [0.2, 0.25) is 5.02 Å². The number of nitrogens with one attached hydrogen (secondary N) is 1. The molecule has 1 aliphatic carbocycles. The molecular formula is C18H19ClN4O2. The second-order valence-electron chi connectivity index (χ2n) is 6.85. The zero-order chi connectivity index (χ0) is 17.4. The van der Waals surface area contributed by atoms with Crippen LogP contribution in [0.1, 0.15) is 19.3 Å². The normalized spacial score (nSPS) is 21.4. The number of benzene rings is 1. The van der Waals surface area contributed by atoms with E-state index in [1.165, 1.54) is 0 Å². The fourth-order valence-electron chi connectivity index (χ4n) is 3.38. The maximum Gasteiger partial charge on any atom is 0.229 e. The van der Waals surface area contributed by atoms with Gasteiger partial charge in [0.25, 0.3) is 0 Å². The van der Waals surface area contributed by atoms with Crippen LogP contribution in [0.4, 0.5) is 5.69 Å². The van der Waals surface area contributed by atoms with Gasteiger partial charge in [0.2, 0.25) is 11.8 Å². The Morgan fingerprint density at radius 1 is 1.36 bits per heavy atom. The average molecular weight is 359 g/mol. The Hall–Kier alpha value is -2.34. The molecule has 2 amide bonds. The van der Waals surface area contributed by atoms with Crippen molar-refractivity contribution in [1.82, 2.24) is 14.9 Å². The zero-order valence-electron chi connectivity index (χ0n) is 13.7. The molecule has 2 fully saturated rings. The smallest absolute Gasteiger partial charge is 0.229 e. The minimum atomic E-state index is -0.360. The van der Waals surface area contributed by atoms with E-state index >= 15 is 0 Å². The van der Waals surface area contributed by atoms with Gasteiger partial charge >= 0.3 is 0 Å². The van der Waals surface area contributed by atoms with Crippen LogP contribution in [0.25, 0.3) is 0 Å². The number of carbonyl (C=O) groups is 2. The summed E-state index contributed by atoms with van der Waals surface area (Å²) >= 11 is 6.20. The predicted molar refractivity (Wildman–Crippen MR) is 94.2 cm³/mol. The molecule has 25 heavy (non-hydrogen) atoms. The standard InChI is InChI=1S/C18H19ClN4O2/c19-14-3-1-2-4-15(14)23-10-13(9-16(23)24)21-17(25)18(5-6-18)11-22-8-7-20-12-22/h1-4,7-8,12-13H,5-6,9-11H2,(H,21,25)/t13-/m0/s1. The molecule has 0 radical (unpaired) electrons. The van der Waals surface area contributed by atoms with E-state index in [0.717, 1.165) is 12.8 Å². The van der Waals surface area contributed by atoms with Crippen LogP contribution in [-0.2, 0) is 16.1 Å². The van der Waals surface area contributed by atoms with E-state index in [4.69, 9.17) is 11.6 Å². The van der Waals surface area contributed by atoms with Crippen molar-refractivity contribution >= 4 is 29.1 Å². The summed E-state index contributed by atoms with van der Waals surface area (Å²) in [5, 5.41) is 3.61. The van der Waals surface area contributed by atoms with E-state index < -0.39 is 0 Å². The molecule has 4 rings (SSSR count). The number of hydrogen-bond donors (Lipinski definition) is 1. The molecule has 1 atom stereocenters. The van der Waals surface area contributed by atoms with E-state index in [1.54, 1.807) is 23.5 Å². The third-order valence-electron chi connectivity index (χ3n) is 4.98.